The Morgan fingerprint density at radius 2 is 1.64 bits per heavy atom. The van der Waals surface area contributed by atoms with E-state index in [1.165, 1.54) is 64.2 Å². The van der Waals surface area contributed by atoms with Gasteiger partial charge in [-0.05, 0) is 11.8 Å². The van der Waals surface area contributed by atoms with Gasteiger partial charge in [-0.1, -0.05) is 78.1 Å². The van der Waals surface area contributed by atoms with E-state index in [1.807, 2.05) is 0 Å². The van der Waals surface area contributed by atoms with Crippen LogP contribution in [0.2, 0.25) is 0 Å². The van der Waals surface area contributed by atoms with Gasteiger partial charge in [-0.25, -0.2) is 0 Å². The molecule has 1 rings (SSSR count). The molecule has 0 aliphatic heterocycles. The van der Waals surface area contributed by atoms with E-state index in [0.29, 0.717) is 0 Å². The van der Waals surface area contributed by atoms with Gasteiger partial charge >= 0.3 is 0 Å². The summed E-state index contributed by atoms with van der Waals surface area (Å²) in [6, 6.07) is 0. The fourth-order valence-electron chi connectivity index (χ4n) is 3.06. The summed E-state index contributed by atoms with van der Waals surface area (Å²) >= 11 is 0. The molecule has 0 N–H and O–H groups in total. The highest BCUT2D eigenvalue weighted by Crippen LogP contribution is 2.35. The third-order valence-corrected chi connectivity index (χ3v) is 3.90. The second-order valence-corrected chi connectivity index (χ2v) is 5.09. The molecular weight excluding hydrogens is 168 g/mol. The number of rotatable bonds is 6. The molecule has 0 heteroatoms. The number of hydrogen-bond acceptors (Lipinski definition) is 0. The molecule has 0 amide bonds. The minimum absolute atomic E-state index is 1.07. The smallest absolute Gasteiger partial charge is 0.0386 e. The van der Waals surface area contributed by atoms with Gasteiger partial charge in [0.1, 0.15) is 0 Å². The van der Waals surface area contributed by atoms with Gasteiger partial charge < -0.3 is 0 Å². The van der Waals surface area contributed by atoms with Crippen molar-refractivity contribution in [2.75, 3.05) is 0 Å². The highest BCUT2D eigenvalue weighted by atomic mass is 14.3. The topological polar surface area (TPSA) is 0 Å². The summed E-state index contributed by atoms with van der Waals surface area (Å²) in [5.74, 6) is 2.16. The Labute approximate surface area is 90.5 Å². The van der Waals surface area contributed by atoms with Gasteiger partial charge in [0.2, 0.25) is 0 Å². The molecule has 0 unspecified atom stereocenters. The zero-order chi connectivity index (χ0) is 10.2. The van der Waals surface area contributed by atoms with Crippen molar-refractivity contribution < 1.29 is 0 Å². The maximum absolute atomic E-state index is 2.35. The van der Waals surface area contributed by atoms with Gasteiger partial charge in [0.05, 0.1) is 0 Å². The molecule has 0 spiro atoms. The highest BCUT2D eigenvalue weighted by Gasteiger charge is 2.22. The lowest BCUT2D eigenvalue weighted by Gasteiger charge is -2.30. The minimum Gasteiger partial charge on any atom is -0.0654 e. The van der Waals surface area contributed by atoms with Crippen LogP contribution in [0.25, 0.3) is 0 Å². The summed E-state index contributed by atoms with van der Waals surface area (Å²) in [6.07, 6.45) is 14.8. The summed E-state index contributed by atoms with van der Waals surface area (Å²) < 4.78 is 0. The molecule has 0 radical (unpaired) electrons. The first-order valence-corrected chi connectivity index (χ1v) is 6.88. The van der Waals surface area contributed by atoms with E-state index in [-0.39, 0.29) is 0 Å². The van der Waals surface area contributed by atoms with Crippen LogP contribution in [0, 0.1) is 11.8 Å². The SMILES string of the molecule is CCCC[C@@H](CCC)C1CCCCC1. The Morgan fingerprint density at radius 1 is 0.929 bits per heavy atom. The molecule has 0 aromatic heterocycles. The number of unbranched alkanes of at least 4 members (excludes halogenated alkanes) is 1. The lowest BCUT2D eigenvalue weighted by Crippen LogP contribution is -2.17. The molecule has 0 saturated heterocycles. The molecule has 0 nitrogen and oxygen atoms in total. The molecule has 1 aliphatic rings. The molecule has 0 aromatic rings. The molecule has 0 bridgehead atoms. The van der Waals surface area contributed by atoms with Crippen molar-refractivity contribution >= 4 is 0 Å². The van der Waals surface area contributed by atoms with E-state index in [2.05, 4.69) is 13.8 Å². The van der Waals surface area contributed by atoms with Crippen LogP contribution in [0.3, 0.4) is 0 Å². The lowest BCUT2D eigenvalue weighted by atomic mass is 9.76. The minimum atomic E-state index is 1.07. The Hall–Kier alpha value is 0. The molecule has 14 heavy (non-hydrogen) atoms. The molecule has 1 saturated carbocycles. The molecule has 0 aromatic carbocycles. The standard InChI is InChI=1S/C14H28/c1-3-5-10-13(9-4-2)14-11-7-6-8-12-14/h13-14H,3-12H2,1-2H3/t13-/m1/s1. The average molecular weight is 196 g/mol. The Kier molecular flexibility index (Phi) is 6.31. The Morgan fingerprint density at radius 3 is 2.21 bits per heavy atom. The van der Waals surface area contributed by atoms with E-state index >= 15 is 0 Å². The van der Waals surface area contributed by atoms with Crippen LogP contribution < -0.4 is 0 Å². The van der Waals surface area contributed by atoms with Crippen molar-refractivity contribution in [1.29, 1.82) is 0 Å². The molecule has 1 atom stereocenters. The second-order valence-electron chi connectivity index (χ2n) is 5.09. The Bertz CT molecular complexity index is 122. The van der Waals surface area contributed by atoms with Crippen molar-refractivity contribution in [3.63, 3.8) is 0 Å². The quantitative estimate of drug-likeness (QED) is 0.549. The van der Waals surface area contributed by atoms with Crippen molar-refractivity contribution in [1.82, 2.24) is 0 Å². The first-order valence-electron chi connectivity index (χ1n) is 6.88. The van der Waals surface area contributed by atoms with Crippen LogP contribution in [0.1, 0.15) is 78.1 Å². The van der Waals surface area contributed by atoms with E-state index in [1.54, 1.807) is 0 Å². The zero-order valence-corrected chi connectivity index (χ0v) is 10.2. The maximum atomic E-state index is 2.35. The molecule has 84 valence electrons. The average Bonchev–Trinajstić information content (AvgIpc) is 2.25. The van der Waals surface area contributed by atoms with Gasteiger partial charge in [-0.3, -0.25) is 0 Å². The normalized spacial score (nSPS) is 21.0. The van der Waals surface area contributed by atoms with Gasteiger partial charge in [-0.15, -0.1) is 0 Å². The number of hydrogen-bond donors (Lipinski definition) is 0. The largest absolute Gasteiger partial charge is 0.0654 e. The monoisotopic (exact) mass is 196 g/mol. The predicted molar refractivity (Wildman–Crippen MR) is 64.5 cm³/mol. The van der Waals surface area contributed by atoms with E-state index < -0.39 is 0 Å². The van der Waals surface area contributed by atoms with Crippen LogP contribution in [-0.4, -0.2) is 0 Å². The first kappa shape index (κ1) is 12.1. The predicted octanol–water partition coefficient (Wildman–Crippen LogP) is 5.17. The van der Waals surface area contributed by atoms with E-state index in [4.69, 9.17) is 0 Å². The fourth-order valence-corrected chi connectivity index (χ4v) is 3.06. The summed E-state index contributed by atoms with van der Waals surface area (Å²) in [4.78, 5) is 0. The third-order valence-electron chi connectivity index (χ3n) is 3.90. The van der Waals surface area contributed by atoms with Crippen molar-refractivity contribution in [3.8, 4) is 0 Å². The lowest BCUT2D eigenvalue weighted by molar-refractivity contribution is 0.219. The van der Waals surface area contributed by atoms with E-state index in [0.717, 1.165) is 11.8 Å². The van der Waals surface area contributed by atoms with Crippen LogP contribution in [0.5, 0.6) is 0 Å². The molecule has 1 fully saturated rings. The van der Waals surface area contributed by atoms with Crippen LogP contribution in [0.4, 0.5) is 0 Å². The fraction of sp³-hybridized carbons (Fsp3) is 1.00. The van der Waals surface area contributed by atoms with Crippen molar-refractivity contribution in [2.45, 2.75) is 78.1 Å². The zero-order valence-electron chi connectivity index (χ0n) is 10.2. The van der Waals surface area contributed by atoms with Gasteiger partial charge in [0.25, 0.3) is 0 Å². The van der Waals surface area contributed by atoms with Crippen LogP contribution in [-0.2, 0) is 0 Å². The van der Waals surface area contributed by atoms with Gasteiger partial charge in [0, 0.05) is 0 Å². The summed E-state index contributed by atoms with van der Waals surface area (Å²) in [5, 5.41) is 0. The second kappa shape index (κ2) is 7.31. The van der Waals surface area contributed by atoms with Crippen LogP contribution in [0.15, 0.2) is 0 Å². The third kappa shape index (κ3) is 4.02. The highest BCUT2D eigenvalue weighted by molar-refractivity contribution is 4.73. The summed E-state index contributed by atoms with van der Waals surface area (Å²) in [7, 11) is 0. The first-order chi connectivity index (χ1) is 6.88. The van der Waals surface area contributed by atoms with Crippen LogP contribution >= 0.6 is 0 Å². The van der Waals surface area contributed by atoms with Crippen molar-refractivity contribution in [2.24, 2.45) is 11.8 Å². The maximum Gasteiger partial charge on any atom is -0.0386 e. The summed E-state index contributed by atoms with van der Waals surface area (Å²) in [6.45, 7) is 4.67. The Balaban J connectivity index is 2.30. The molecular formula is C14H28. The van der Waals surface area contributed by atoms with Gasteiger partial charge in [-0.2, -0.15) is 0 Å². The molecule has 0 heterocycles. The summed E-state index contributed by atoms with van der Waals surface area (Å²) in [5.41, 5.74) is 0. The van der Waals surface area contributed by atoms with E-state index in [9.17, 15) is 0 Å². The van der Waals surface area contributed by atoms with Crippen molar-refractivity contribution in [3.05, 3.63) is 0 Å². The van der Waals surface area contributed by atoms with Gasteiger partial charge in [0.15, 0.2) is 0 Å². The molecule has 1 aliphatic carbocycles.